The lowest BCUT2D eigenvalue weighted by molar-refractivity contribution is -0.113. The molecule has 0 spiro atoms. The molecule has 1 aliphatic heterocycles. The summed E-state index contributed by atoms with van der Waals surface area (Å²) < 4.78 is 2.16. The van der Waals surface area contributed by atoms with Gasteiger partial charge in [-0.3, -0.25) is 9.69 Å². The minimum absolute atomic E-state index is 0.0337. The van der Waals surface area contributed by atoms with Crippen molar-refractivity contribution in [1.29, 1.82) is 0 Å². The number of carbonyl (C=O) groups excluding carboxylic acids is 1. The van der Waals surface area contributed by atoms with Crippen LogP contribution in [0, 0.1) is 0 Å². The molecule has 31 heavy (non-hydrogen) atoms. The number of nitrogens with one attached hydrogen (secondary N) is 1. The van der Waals surface area contributed by atoms with Crippen LogP contribution in [0.25, 0.3) is 0 Å². The number of nitrogens with zero attached hydrogens (tertiary/aromatic N) is 4. The molecule has 7 heteroatoms. The van der Waals surface area contributed by atoms with Crippen molar-refractivity contribution in [2.45, 2.75) is 44.4 Å². The Balaban J connectivity index is 1.44. The molecule has 2 heterocycles. The van der Waals surface area contributed by atoms with Crippen molar-refractivity contribution in [1.82, 2.24) is 19.7 Å². The van der Waals surface area contributed by atoms with Gasteiger partial charge in [0.2, 0.25) is 5.91 Å². The Bertz CT molecular complexity index is 998. The first kappa shape index (κ1) is 21.6. The van der Waals surface area contributed by atoms with Gasteiger partial charge in [0, 0.05) is 5.69 Å². The fourth-order valence-electron chi connectivity index (χ4n) is 3.80. The minimum atomic E-state index is -0.0337. The minimum Gasteiger partial charge on any atom is -0.325 e. The monoisotopic (exact) mass is 435 g/mol. The molecule has 1 fully saturated rings. The lowest BCUT2D eigenvalue weighted by Gasteiger charge is -2.16. The number of thioether (sulfide) groups is 1. The number of hydrogen-bond acceptors (Lipinski definition) is 5. The van der Waals surface area contributed by atoms with Gasteiger partial charge in [0.1, 0.15) is 5.82 Å². The average Bonchev–Trinajstić information content (AvgIpc) is 3.44. The zero-order valence-corrected chi connectivity index (χ0v) is 18.8. The van der Waals surface area contributed by atoms with Gasteiger partial charge >= 0.3 is 0 Å². The standard InChI is InChI=1S/C24H29N5OS/c1-2-19-11-8-12-21(15-19)25-23(30)18-31-24-27-26-22(17-28-13-6-7-14-28)29(24)16-20-9-4-3-5-10-20/h3-5,8-12,15H,2,6-7,13-14,16-18H2,1H3,(H,25,30). The quantitative estimate of drug-likeness (QED) is 0.510. The maximum absolute atomic E-state index is 12.5. The highest BCUT2D eigenvalue weighted by molar-refractivity contribution is 7.99. The second kappa shape index (κ2) is 10.6. The van der Waals surface area contributed by atoms with Gasteiger partial charge in [-0.05, 0) is 55.6 Å². The molecule has 0 bridgehead atoms. The van der Waals surface area contributed by atoms with E-state index in [9.17, 15) is 4.79 Å². The van der Waals surface area contributed by atoms with Crippen LogP contribution in [0.5, 0.6) is 0 Å². The summed E-state index contributed by atoms with van der Waals surface area (Å²) in [6, 6.07) is 18.3. The van der Waals surface area contributed by atoms with Gasteiger partial charge in [0.05, 0.1) is 18.8 Å². The normalized spacial score (nSPS) is 14.1. The van der Waals surface area contributed by atoms with Crippen LogP contribution in [-0.4, -0.2) is 44.4 Å². The van der Waals surface area contributed by atoms with Crippen LogP contribution < -0.4 is 5.32 Å². The molecule has 4 rings (SSSR count). The van der Waals surface area contributed by atoms with E-state index in [-0.39, 0.29) is 5.91 Å². The highest BCUT2D eigenvalue weighted by Crippen LogP contribution is 2.21. The van der Waals surface area contributed by atoms with Crippen molar-refractivity contribution in [3.8, 4) is 0 Å². The summed E-state index contributed by atoms with van der Waals surface area (Å²) in [5.41, 5.74) is 3.25. The first-order chi connectivity index (χ1) is 15.2. The number of aryl methyl sites for hydroxylation is 1. The van der Waals surface area contributed by atoms with Crippen LogP contribution in [0.4, 0.5) is 5.69 Å². The molecule has 1 N–H and O–H groups in total. The van der Waals surface area contributed by atoms with Gasteiger partial charge in [-0.1, -0.05) is 61.2 Å². The van der Waals surface area contributed by atoms with Crippen LogP contribution >= 0.6 is 11.8 Å². The number of aromatic nitrogens is 3. The summed E-state index contributed by atoms with van der Waals surface area (Å²) in [4.78, 5) is 15.0. The predicted octanol–water partition coefficient (Wildman–Crippen LogP) is 4.22. The van der Waals surface area contributed by atoms with Crippen LogP contribution in [0.15, 0.2) is 59.8 Å². The average molecular weight is 436 g/mol. The Kier molecular flexibility index (Phi) is 7.38. The Morgan fingerprint density at radius 2 is 1.77 bits per heavy atom. The van der Waals surface area contributed by atoms with E-state index in [1.807, 2.05) is 36.4 Å². The number of rotatable bonds is 9. The predicted molar refractivity (Wildman–Crippen MR) is 125 cm³/mol. The molecular formula is C24H29N5OS. The number of carbonyl (C=O) groups is 1. The zero-order chi connectivity index (χ0) is 21.5. The number of likely N-dealkylation sites (tertiary alicyclic amines) is 1. The smallest absolute Gasteiger partial charge is 0.234 e. The summed E-state index contributed by atoms with van der Waals surface area (Å²) in [6.45, 7) is 5.84. The Hall–Kier alpha value is -2.64. The molecular weight excluding hydrogens is 406 g/mol. The van der Waals surface area contributed by atoms with Crippen molar-refractivity contribution < 1.29 is 4.79 Å². The molecule has 2 aromatic carbocycles. The van der Waals surface area contributed by atoms with E-state index in [1.165, 1.54) is 35.7 Å². The molecule has 0 saturated carbocycles. The lowest BCUT2D eigenvalue weighted by Crippen LogP contribution is -2.22. The molecule has 3 aromatic rings. The molecule has 1 saturated heterocycles. The third-order valence-electron chi connectivity index (χ3n) is 5.49. The number of benzene rings is 2. The van der Waals surface area contributed by atoms with Gasteiger partial charge < -0.3 is 9.88 Å². The van der Waals surface area contributed by atoms with Crippen LogP contribution in [0.2, 0.25) is 0 Å². The first-order valence-corrected chi connectivity index (χ1v) is 11.9. The molecule has 1 amide bonds. The Morgan fingerprint density at radius 3 is 2.55 bits per heavy atom. The summed E-state index contributed by atoms with van der Waals surface area (Å²) >= 11 is 1.44. The zero-order valence-electron chi connectivity index (χ0n) is 18.0. The summed E-state index contributed by atoms with van der Waals surface area (Å²) in [7, 11) is 0. The maximum atomic E-state index is 12.5. The SMILES string of the molecule is CCc1cccc(NC(=O)CSc2nnc(CN3CCCC3)n2Cc2ccccc2)c1. The summed E-state index contributed by atoms with van der Waals surface area (Å²) in [5.74, 6) is 1.23. The van der Waals surface area contributed by atoms with Crippen molar-refractivity contribution >= 4 is 23.4 Å². The first-order valence-electron chi connectivity index (χ1n) is 10.9. The highest BCUT2D eigenvalue weighted by atomic mass is 32.2. The molecule has 0 aliphatic carbocycles. The second-order valence-electron chi connectivity index (χ2n) is 7.84. The lowest BCUT2D eigenvalue weighted by atomic mass is 10.1. The largest absolute Gasteiger partial charge is 0.325 e. The summed E-state index contributed by atoms with van der Waals surface area (Å²) in [5, 5.41) is 12.7. The van der Waals surface area contributed by atoms with E-state index < -0.39 is 0 Å². The summed E-state index contributed by atoms with van der Waals surface area (Å²) in [6.07, 6.45) is 3.43. The van der Waals surface area contributed by atoms with E-state index in [4.69, 9.17) is 0 Å². The second-order valence-corrected chi connectivity index (χ2v) is 8.79. The van der Waals surface area contributed by atoms with Gasteiger partial charge in [-0.25, -0.2) is 0 Å². The number of hydrogen-bond donors (Lipinski definition) is 1. The fraction of sp³-hybridized carbons (Fsp3) is 0.375. The molecule has 0 unspecified atom stereocenters. The van der Waals surface area contributed by atoms with Crippen LogP contribution in [-0.2, 0) is 24.3 Å². The molecule has 0 radical (unpaired) electrons. The molecule has 1 aromatic heterocycles. The van der Waals surface area contributed by atoms with Gasteiger partial charge in [-0.15, -0.1) is 10.2 Å². The van der Waals surface area contributed by atoms with Crippen LogP contribution in [0.3, 0.4) is 0 Å². The van der Waals surface area contributed by atoms with Crippen molar-refractivity contribution in [2.24, 2.45) is 0 Å². The van der Waals surface area contributed by atoms with E-state index in [2.05, 4.69) is 50.1 Å². The van der Waals surface area contributed by atoms with E-state index in [1.54, 1.807) is 0 Å². The third kappa shape index (κ3) is 5.95. The van der Waals surface area contributed by atoms with Crippen LogP contribution in [0.1, 0.15) is 36.7 Å². The van der Waals surface area contributed by atoms with Crippen molar-refractivity contribution in [3.63, 3.8) is 0 Å². The van der Waals surface area contributed by atoms with Gasteiger partial charge in [0.25, 0.3) is 0 Å². The van der Waals surface area contributed by atoms with Gasteiger partial charge in [-0.2, -0.15) is 0 Å². The number of anilines is 1. The Labute approximate surface area is 188 Å². The topological polar surface area (TPSA) is 63.1 Å². The molecule has 162 valence electrons. The molecule has 1 aliphatic rings. The Morgan fingerprint density at radius 1 is 1.00 bits per heavy atom. The molecule has 6 nitrogen and oxygen atoms in total. The highest BCUT2D eigenvalue weighted by Gasteiger charge is 2.19. The van der Waals surface area contributed by atoms with E-state index in [0.29, 0.717) is 12.3 Å². The maximum Gasteiger partial charge on any atom is 0.234 e. The van der Waals surface area contributed by atoms with Crippen molar-refractivity contribution in [3.05, 3.63) is 71.5 Å². The fourth-order valence-corrected chi connectivity index (χ4v) is 4.56. The molecule has 0 atom stereocenters. The van der Waals surface area contributed by atoms with E-state index in [0.717, 1.165) is 42.7 Å². The van der Waals surface area contributed by atoms with E-state index >= 15 is 0 Å². The van der Waals surface area contributed by atoms with Gasteiger partial charge in [0.15, 0.2) is 5.16 Å². The number of amides is 1. The third-order valence-corrected chi connectivity index (χ3v) is 6.46. The van der Waals surface area contributed by atoms with Crippen molar-refractivity contribution in [2.75, 3.05) is 24.2 Å².